The number of aldehydes is 1. The first-order chi connectivity index (χ1) is 10.3. The normalized spacial score (nSPS) is 17.6. The summed E-state index contributed by atoms with van der Waals surface area (Å²) in [6.07, 6.45) is 3.04. The minimum Gasteiger partial charge on any atom is -0.317 e. The molecule has 0 fully saturated rings. The topological polar surface area (TPSA) is 32.7 Å². The maximum absolute atomic E-state index is 11.4. The van der Waals surface area contributed by atoms with Gasteiger partial charge < -0.3 is 4.90 Å². The molecule has 0 N–H and O–H groups in total. The first-order valence-corrected chi connectivity index (χ1v) is 9.49. The molecule has 6 heteroatoms. The van der Waals surface area contributed by atoms with Crippen molar-refractivity contribution in [3.05, 3.63) is 34.0 Å². The van der Waals surface area contributed by atoms with E-state index < -0.39 is 0 Å². The highest BCUT2D eigenvalue weighted by Crippen LogP contribution is 2.44. The monoisotopic (exact) mass is 332 g/mol. The molecule has 0 aliphatic carbocycles. The summed E-state index contributed by atoms with van der Waals surface area (Å²) < 4.78 is 1.26. The van der Waals surface area contributed by atoms with Crippen molar-refractivity contribution in [3.8, 4) is 0 Å². The van der Waals surface area contributed by atoms with Crippen LogP contribution in [0.2, 0.25) is 0 Å². The fourth-order valence-electron chi connectivity index (χ4n) is 2.68. The molecule has 0 radical (unpaired) electrons. The maximum atomic E-state index is 11.4. The molecule has 2 aromatic rings. The van der Waals surface area contributed by atoms with Crippen LogP contribution < -0.4 is 0 Å². The summed E-state index contributed by atoms with van der Waals surface area (Å²) in [5.74, 6) is 0. The van der Waals surface area contributed by atoms with Gasteiger partial charge in [0.2, 0.25) is 0 Å². The second-order valence-electron chi connectivity index (χ2n) is 4.76. The summed E-state index contributed by atoms with van der Waals surface area (Å²) in [5.41, 5.74) is 2.20. The molecule has 0 bridgehead atoms. The van der Waals surface area contributed by atoms with E-state index in [0.717, 1.165) is 40.7 Å². The van der Waals surface area contributed by atoms with E-state index in [1.165, 1.54) is 26.7 Å². The largest absolute Gasteiger partial charge is 0.317 e. The third-order valence-corrected chi connectivity index (χ3v) is 6.38. The van der Waals surface area contributed by atoms with Crippen LogP contribution in [0.5, 0.6) is 0 Å². The predicted molar refractivity (Wildman–Crippen MR) is 93.2 cm³/mol. The summed E-state index contributed by atoms with van der Waals surface area (Å²) >= 11 is 4.97. The van der Waals surface area contributed by atoms with Gasteiger partial charge in [-0.1, -0.05) is 0 Å². The van der Waals surface area contributed by atoms with Crippen molar-refractivity contribution in [1.82, 2.24) is 4.90 Å². The average molecular weight is 332 g/mol. The van der Waals surface area contributed by atoms with E-state index in [-0.39, 0.29) is 0 Å². The number of benzene rings is 1. The summed E-state index contributed by atoms with van der Waals surface area (Å²) in [5, 5.41) is 4.36. The number of hydrogen-bond acceptors (Lipinski definition) is 6. The molecule has 0 amide bonds. The lowest BCUT2D eigenvalue weighted by molar-refractivity contribution is -0.104. The van der Waals surface area contributed by atoms with Gasteiger partial charge in [0.15, 0.2) is 11.5 Å². The number of nitrogens with zero attached hydrogens (tertiary/aromatic N) is 2. The van der Waals surface area contributed by atoms with Crippen LogP contribution in [0.1, 0.15) is 5.56 Å². The van der Waals surface area contributed by atoms with Crippen molar-refractivity contribution in [1.29, 1.82) is 0 Å². The Morgan fingerprint density at radius 1 is 1.43 bits per heavy atom. The zero-order valence-corrected chi connectivity index (χ0v) is 13.8. The van der Waals surface area contributed by atoms with Gasteiger partial charge in [-0.3, -0.25) is 9.79 Å². The van der Waals surface area contributed by atoms with E-state index in [0.29, 0.717) is 0 Å². The quantitative estimate of drug-likeness (QED) is 0.630. The Hall–Kier alpha value is -1.24. The molecule has 0 saturated heterocycles. The molecule has 3 heterocycles. The summed E-state index contributed by atoms with van der Waals surface area (Å²) in [4.78, 5) is 20.1. The summed E-state index contributed by atoms with van der Waals surface area (Å²) in [7, 11) is 0. The van der Waals surface area contributed by atoms with Crippen molar-refractivity contribution in [2.24, 2.45) is 4.99 Å². The van der Waals surface area contributed by atoms with E-state index in [4.69, 9.17) is 0 Å². The third kappa shape index (κ3) is 2.05. The molecule has 0 unspecified atom stereocenters. The minimum atomic E-state index is 0.780. The van der Waals surface area contributed by atoms with Crippen LogP contribution in [0.25, 0.3) is 15.8 Å². The molecule has 4 rings (SSSR count). The Bertz CT molecular complexity index is 806. The van der Waals surface area contributed by atoms with E-state index in [1.807, 2.05) is 0 Å². The molecule has 0 saturated carbocycles. The molecule has 21 heavy (non-hydrogen) atoms. The van der Waals surface area contributed by atoms with Crippen molar-refractivity contribution in [2.75, 3.05) is 19.3 Å². The summed E-state index contributed by atoms with van der Waals surface area (Å²) in [6, 6.07) is 6.53. The van der Waals surface area contributed by atoms with Crippen molar-refractivity contribution < 1.29 is 4.79 Å². The van der Waals surface area contributed by atoms with Crippen molar-refractivity contribution in [3.63, 3.8) is 0 Å². The molecule has 2 aliphatic rings. The number of hydrogen-bond donors (Lipinski definition) is 0. The van der Waals surface area contributed by atoms with Crippen LogP contribution in [-0.4, -0.2) is 35.7 Å². The lowest BCUT2D eigenvalue weighted by atomic mass is 10.1. The number of rotatable bonds is 3. The molecule has 0 atom stereocenters. The summed E-state index contributed by atoms with van der Waals surface area (Å²) in [6.45, 7) is 1.69. The molecule has 106 valence electrons. The van der Waals surface area contributed by atoms with Crippen LogP contribution in [0.4, 0.5) is 0 Å². The fraction of sp³-hybridized carbons (Fsp3) is 0.200. The average Bonchev–Trinajstić information content (AvgIpc) is 3.19. The first kappa shape index (κ1) is 13.4. The number of thiophene rings is 1. The van der Waals surface area contributed by atoms with Crippen LogP contribution in [0, 0.1) is 0 Å². The molecular weight excluding hydrogens is 320 g/mol. The van der Waals surface area contributed by atoms with Gasteiger partial charge in [0.1, 0.15) is 0 Å². The second kappa shape index (κ2) is 5.19. The second-order valence-corrected chi connectivity index (χ2v) is 7.56. The zero-order chi connectivity index (χ0) is 14.4. The molecule has 3 nitrogen and oxygen atoms in total. The number of aliphatic imine (C=N–C) groups is 1. The number of carbonyl (C=O) groups excluding carboxylic acids is 1. The third-order valence-electron chi connectivity index (χ3n) is 3.65. The van der Waals surface area contributed by atoms with Gasteiger partial charge in [-0.15, -0.1) is 23.1 Å². The highest BCUT2D eigenvalue weighted by atomic mass is 32.2. The Morgan fingerprint density at radius 3 is 3.14 bits per heavy atom. The van der Waals surface area contributed by atoms with E-state index in [2.05, 4.69) is 39.7 Å². The fourth-order valence-corrected chi connectivity index (χ4v) is 5.05. The van der Waals surface area contributed by atoms with E-state index in [9.17, 15) is 4.79 Å². The minimum absolute atomic E-state index is 0.780. The highest BCUT2D eigenvalue weighted by molar-refractivity contribution is 8.18. The Morgan fingerprint density at radius 2 is 2.33 bits per heavy atom. The number of thioether (sulfide) groups is 2. The van der Waals surface area contributed by atoms with Gasteiger partial charge in [-0.25, -0.2) is 0 Å². The Balaban J connectivity index is 1.92. The van der Waals surface area contributed by atoms with Crippen LogP contribution in [0.15, 0.2) is 38.4 Å². The van der Waals surface area contributed by atoms with Gasteiger partial charge in [0.25, 0.3) is 0 Å². The van der Waals surface area contributed by atoms with E-state index in [1.54, 1.807) is 23.1 Å². The van der Waals surface area contributed by atoms with Gasteiger partial charge in [0.05, 0.1) is 17.1 Å². The number of allylic oxidation sites excluding steroid dienone is 1. The zero-order valence-electron chi connectivity index (χ0n) is 11.3. The molecule has 2 aliphatic heterocycles. The van der Waals surface area contributed by atoms with Crippen LogP contribution in [-0.2, 0) is 4.79 Å². The molecular formula is C15H12N2OS3. The SMILES string of the molecule is CSc1ccc2scc(C3=C(C=O)SC4=NCCN43)c2c1. The number of fused-ring (bicyclic) bond motifs is 2. The molecule has 0 spiro atoms. The smallest absolute Gasteiger partial charge is 0.168 e. The van der Waals surface area contributed by atoms with Gasteiger partial charge in [0, 0.05) is 32.5 Å². The highest BCUT2D eigenvalue weighted by Gasteiger charge is 2.33. The van der Waals surface area contributed by atoms with Gasteiger partial charge >= 0.3 is 0 Å². The van der Waals surface area contributed by atoms with Crippen molar-refractivity contribution in [2.45, 2.75) is 4.90 Å². The lowest BCUT2D eigenvalue weighted by Crippen LogP contribution is -2.19. The number of amidine groups is 1. The maximum Gasteiger partial charge on any atom is 0.168 e. The van der Waals surface area contributed by atoms with E-state index >= 15 is 0 Å². The van der Waals surface area contributed by atoms with Gasteiger partial charge in [-0.05, 0) is 36.2 Å². The Labute approximate surface area is 135 Å². The molecule has 1 aromatic heterocycles. The number of carbonyl (C=O) groups is 1. The predicted octanol–water partition coefficient (Wildman–Crippen LogP) is 3.91. The van der Waals surface area contributed by atoms with Crippen LogP contribution >= 0.6 is 34.9 Å². The molecule has 1 aromatic carbocycles. The van der Waals surface area contributed by atoms with Crippen LogP contribution in [0.3, 0.4) is 0 Å². The van der Waals surface area contributed by atoms with Crippen molar-refractivity contribution >= 4 is 62.1 Å². The first-order valence-electron chi connectivity index (χ1n) is 6.56. The lowest BCUT2D eigenvalue weighted by Gasteiger charge is -2.16. The Kier molecular flexibility index (Phi) is 3.32. The van der Waals surface area contributed by atoms with Gasteiger partial charge in [-0.2, -0.15) is 0 Å². The standard InChI is InChI=1S/C15H12N2OS3/c1-19-9-2-3-12-10(6-9)11(8-20-12)14-13(7-18)21-15-16-4-5-17(14)15/h2-3,6-8H,4-5H2,1H3.